The lowest BCUT2D eigenvalue weighted by Gasteiger charge is -2.15. The number of benzene rings is 1. The minimum atomic E-state index is -0.466. The first kappa shape index (κ1) is 16.5. The predicted octanol–water partition coefficient (Wildman–Crippen LogP) is 1.19. The average molecular weight is 347 g/mol. The van der Waals surface area contributed by atoms with Crippen LogP contribution in [0.3, 0.4) is 0 Å². The van der Waals surface area contributed by atoms with Gasteiger partial charge in [0.05, 0.1) is 24.4 Å². The first-order valence-electron chi connectivity index (χ1n) is 7.69. The number of aliphatic imine (C=N–C) groups is 1. The molecule has 2 aliphatic rings. The number of nitrogens with one attached hydrogen (secondary N) is 1. The van der Waals surface area contributed by atoms with Gasteiger partial charge in [0.25, 0.3) is 0 Å². The van der Waals surface area contributed by atoms with E-state index in [0.29, 0.717) is 29.6 Å². The Hall–Kier alpha value is -2.35. The molecule has 2 aliphatic heterocycles. The Morgan fingerprint density at radius 1 is 1.38 bits per heavy atom. The fourth-order valence-corrected chi connectivity index (χ4v) is 3.57. The van der Waals surface area contributed by atoms with Crippen LogP contribution in [0.15, 0.2) is 29.3 Å². The van der Waals surface area contributed by atoms with Crippen molar-refractivity contribution < 1.29 is 19.1 Å². The molecule has 8 heteroatoms. The Kier molecular flexibility index (Phi) is 4.84. The van der Waals surface area contributed by atoms with Crippen molar-refractivity contribution in [3.63, 3.8) is 0 Å². The van der Waals surface area contributed by atoms with Crippen molar-refractivity contribution in [1.82, 2.24) is 5.32 Å². The number of esters is 1. The highest BCUT2D eigenvalue weighted by molar-refractivity contribution is 8.15. The molecular formula is C16H17N3O4S. The van der Waals surface area contributed by atoms with Gasteiger partial charge in [0.2, 0.25) is 11.8 Å². The Morgan fingerprint density at radius 3 is 2.75 bits per heavy atom. The van der Waals surface area contributed by atoms with Crippen LogP contribution in [-0.4, -0.2) is 47.9 Å². The first-order chi connectivity index (χ1) is 11.6. The second-order valence-electron chi connectivity index (χ2n) is 5.26. The highest BCUT2D eigenvalue weighted by Crippen LogP contribution is 2.30. The van der Waals surface area contributed by atoms with Crippen molar-refractivity contribution in [1.29, 1.82) is 0 Å². The van der Waals surface area contributed by atoms with Gasteiger partial charge in [-0.2, -0.15) is 0 Å². The number of hydrogen-bond donors (Lipinski definition) is 1. The lowest BCUT2D eigenvalue weighted by molar-refractivity contribution is -0.121. The second kappa shape index (κ2) is 7.04. The maximum absolute atomic E-state index is 12.5. The van der Waals surface area contributed by atoms with E-state index in [4.69, 9.17) is 4.74 Å². The number of ether oxygens (including phenoxy) is 1. The third-order valence-electron chi connectivity index (χ3n) is 3.64. The van der Waals surface area contributed by atoms with Crippen LogP contribution in [0.5, 0.6) is 0 Å². The SMILES string of the molecule is CCOC(=O)c1ccc(N2C(=O)C[C@@H](SC3=NCCN3)C2=O)cc1. The van der Waals surface area contributed by atoms with Gasteiger partial charge < -0.3 is 10.1 Å². The minimum absolute atomic E-state index is 0.143. The molecule has 24 heavy (non-hydrogen) atoms. The maximum atomic E-state index is 12.5. The van der Waals surface area contributed by atoms with Gasteiger partial charge in [-0.15, -0.1) is 0 Å². The summed E-state index contributed by atoms with van der Waals surface area (Å²) in [4.78, 5) is 41.8. The Bertz CT molecular complexity index is 702. The van der Waals surface area contributed by atoms with E-state index >= 15 is 0 Å². The lowest BCUT2D eigenvalue weighted by Crippen LogP contribution is -2.32. The number of nitrogens with zero attached hydrogens (tertiary/aromatic N) is 2. The third kappa shape index (κ3) is 3.28. The van der Waals surface area contributed by atoms with Gasteiger partial charge in [0.15, 0.2) is 5.17 Å². The van der Waals surface area contributed by atoms with Crippen LogP contribution < -0.4 is 10.2 Å². The first-order valence-corrected chi connectivity index (χ1v) is 8.57. The summed E-state index contributed by atoms with van der Waals surface area (Å²) in [6, 6.07) is 6.27. The summed E-state index contributed by atoms with van der Waals surface area (Å²) in [7, 11) is 0. The molecule has 1 aromatic rings. The minimum Gasteiger partial charge on any atom is -0.462 e. The normalized spacial score (nSPS) is 20.1. The molecule has 0 spiro atoms. The van der Waals surface area contributed by atoms with E-state index in [1.165, 1.54) is 16.7 Å². The number of amidine groups is 1. The standard InChI is InChI=1S/C16H17N3O4S/c1-2-23-15(22)10-3-5-11(6-4-10)19-13(20)9-12(14(19)21)24-16-17-7-8-18-16/h3-6,12H,2,7-9H2,1H3,(H,17,18)/t12-/m1/s1. The van der Waals surface area contributed by atoms with Crippen molar-refractivity contribution in [3.05, 3.63) is 29.8 Å². The fourth-order valence-electron chi connectivity index (χ4n) is 2.52. The van der Waals surface area contributed by atoms with Crippen LogP contribution in [0.1, 0.15) is 23.7 Å². The molecule has 2 amide bonds. The van der Waals surface area contributed by atoms with Crippen LogP contribution in [0, 0.1) is 0 Å². The smallest absolute Gasteiger partial charge is 0.338 e. The Labute approximate surface area is 143 Å². The number of amides is 2. The van der Waals surface area contributed by atoms with E-state index in [-0.39, 0.29) is 18.2 Å². The van der Waals surface area contributed by atoms with Crippen LogP contribution in [-0.2, 0) is 14.3 Å². The van der Waals surface area contributed by atoms with Crippen LogP contribution in [0.2, 0.25) is 0 Å². The summed E-state index contributed by atoms with van der Waals surface area (Å²) in [6.07, 6.45) is 0.143. The maximum Gasteiger partial charge on any atom is 0.338 e. The number of rotatable bonds is 4. The van der Waals surface area contributed by atoms with Gasteiger partial charge in [-0.05, 0) is 31.2 Å². The molecule has 1 N–H and O–H groups in total. The molecule has 7 nitrogen and oxygen atoms in total. The molecule has 0 aliphatic carbocycles. The summed E-state index contributed by atoms with van der Waals surface area (Å²) in [6.45, 7) is 3.47. The zero-order chi connectivity index (χ0) is 17.1. The summed E-state index contributed by atoms with van der Waals surface area (Å²) in [5, 5.41) is 3.33. The zero-order valence-corrected chi connectivity index (χ0v) is 14.0. The quantitative estimate of drug-likeness (QED) is 0.650. The Balaban J connectivity index is 1.73. The topological polar surface area (TPSA) is 88.1 Å². The summed E-state index contributed by atoms with van der Waals surface area (Å²) >= 11 is 1.29. The molecule has 0 unspecified atom stereocenters. The number of anilines is 1. The van der Waals surface area contributed by atoms with E-state index < -0.39 is 11.2 Å². The molecule has 1 saturated heterocycles. The van der Waals surface area contributed by atoms with Crippen molar-refractivity contribution in [2.45, 2.75) is 18.6 Å². The van der Waals surface area contributed by atoms with E-state index in [1.807, 2.05) is 0 Å². The predicted molar refractivity (Wildman–Crippen MR) is 91.2 cm³/mol. The molecule has 1 fully saturated rings. The Morgan fingerprint density at radius 2 is 2.12 bits per heavy atom. The van der Waals surface area contributed by atoms with E-state index in [9.17, 15) is 14.4 Å². The molecule has 0 saturated carbocycles. The zero-order valence-electron chi connectivity index (χ0n) is 13.2. The van der Waals surface area contributed by atoms with Crippen molar-refractivity contribution in [2.75, 3.05) is 24.6 Å². The van der Waals surface area contributed by atoms with Crippen molar-refractivity contribution >= 4 is 40.4 Å². The van der Waals surface area contributed by atoms with Crippen LogP contribution >= 0.6 is 11.8 Å². The van der Waals surface area contributed by atoms with Gasteiger partial charge in [0, 0.05) is 13.0 Å². The number of carbonyl (C=O) groups is 3. The van der Waals surface area contributed by atoms with Crippen LogP contribution in [0.4, 0.5) is 5.69 Å². The van der Waals surface area contributed by atoms with Gasteiger partial charge in [-0.3, -0.25) is 14.6 Å². The highest BCUT2D eigenvalue weighted by atomic mass is 32.2. The van der Waals surface area contributed by atoms with Crippen LogP contribution in [0.25, 0.3) is 0 Å². The number of carbonyl (C=O) groups excluding carboxylic acids is 3. The molecule has 3 rings (SSSR count). The van der Waals surface area contributed by atoms with E-state index in [1.54, 1.807) is 31.2 Å². The van der Waals surface area contributed by atoms with Crippen molar-refractivity contribution in [3.8, 4) is 0 Å². The molecule has 2 heterocycles. The molecule has 1 aromatic carbocycles. The van der Waals surface area contributed by atoms with E-state index in [2.05, 4.69) is 10.3 Å². The molecule has 0 aromatic heterocycles. The highest BCUT2D eigenvalue weighted by Gasteiger charge is 2.41. The number of thioether (sulfide) groups is 1. The average Bonchev–Trinajstić information content (AvgIpc) is 3.17. The van der Waals surface area contributed by atoms with Gasteiger partial charge in [0.1, 0.15) is 5.25 Å². The fraction of sp³-hybridized carbons (Fsp3) is 0.375. The van der Waals surface area contributed by atoms with Gasteiger partial charge in [-0.1, -0.05) is 11.8 Å². The third-order valence-corrected chi connectivity index (χ3v) is 4.79. The number of imide groups is 1. The second-order valence-corrected chi connectivity index (χ2v) is 6.45. The number of hydrogen-bond acceptors (Lipinski definition) is 7. The largest absolute Gasteiger partial charge is 0.462 e. The molecule has 0 bridgehead atoms. The molecular weight excluding hydrogens is 330 g/mol. The summed E-state index contributed by atoms with van der Waals surface area (Å²) in [5.74, 6) is -0.938. The van der Waals surface area contributed by atoms with Gasteiger partial charge >= 0.3 is 5.97 Å². The molecule has 126 valence electrons. The molecule has 0 radical (unpaired) electrons. The molecule has 1 atom stereocenters. The summed E-state index contributed by atoms with van der Waals surface area (Å²) in [5.41, 5.74) is 0.845. The van der Waals surface area contributed by atoms with Gasteiger partial charge in [-0.25, -0.2) is 9.69 Å². The van der Waals surface area contributed by atoms with E-state index in [0.717, 1.165) is 6.54 Å². The summed E-state index contributed by atoms with van der Waals surface area (Å²) < 4.78 is 4.92. The monoisotopic (exact) mass is 347 g/mol. The van der Waals surface area contributed by atoms with Crippen molar-refractivity contribution in [2.24, 2.45) is 4.99 Å². The lowest BCUT2D eigenvalue weighted by atomic mass is 10.2.